The van der Waals surface area contributed by atoms with E-state index >= 15 is 0 Å². The van der Waals surface area contributed by atoms with Crippen LogP contribution in [0.15, 0.2) is 24.4 Å². The largest absolute Gasteiger partial charge is 0.495 e. The molecule has 11 heteroatoms. The SMILES string of the molecule is COc1cccc(C(=O)NC2CCN(C)CC2)c1Nc1ncc2c(n1)N(C1CCCC1)CC(F)C(=O)N2C. The predicted octanol–water partition coefficient (Wildman–Crippen LogP) is 3.12. The molecule has 2 amide bonds. The first kappa shape index (κ1) is 26.1. The Kier molecular flexibility index (Phi) is 7.64. The van der Waals surface area contributed by atoms with Crippen LogP contribution in [0.25, 0.3) is 0 Å². The van der Waals surface area contributed by atoms with Crippen molar-refractivity contribution < 1.29 is 18.7 Å². The van der Waals surface area contributed by atoms with Crippen LogP contribution in [-0.4, -0.2) is 85.8 Å². The van der Waals surface area contributed by atoms with Crippen molar-refractivity contribution in [3.63, 3.8) is 0 Å². The number of para-hydroxylation sites is 1. The summed E-state index contributed by atoms with van der Waals surface area (Å²) in [5.74, 6) is 0.422. The standard InChI is InChI=1S/C27H36FN7O3/c1-33-13-11-17(12-14-33)30-25(36)19-9-6-10-22(38-3)23(19)31-27-29-15-21-24(32-27)35(18-7-4-5-8-18)16-20(28)26(37)34(21)2/h6,9-10,15,17-18,20H,4-5,7-8,11-14,16H2,1-3H3,(H,30,36)(H,29,31,32). The molecule has 2 N–H and O–H groups in total. The lowest BCUT2D eigenvalue weighted by atomic mass is 10.0. The summed E-state index contributed by atoms with van der Waals surface area (Å²) >= 11 is 0. The van der Waals surface area contributed by atoms with E-state index in [4.69, 9.17) is 9.72 Å². The Labute approximate surface area is 222 Å². The summed E-state index contributed by atoms with van der Waals surface area (Å²) in [6.45, 7) is 1.83. The first-order valence-corrected chi connectivity index (χ1v) is 13.3. The number of anilines is 4. The highest BCUT2D eigenvalue weighted by molar-refractivity contribution is 6.02. The number of benzene rings is 1. The number of methoxy groups -OCH3 is 1. The number of ether oxygens (including phenoxy) is 1. The van der Waals surface area contributed by atoms with Crippen LogP contribution in [0.1, 0.15) is 48.9 Å². The molecular formula is C27H36FN7O3. The summed E-state index contributed by atoms with van der Waals surface area (Å²) in [5.41, 5.74) is 1.34. The van der Waals surface area contributed by atoms with Crippen LogP contribution in [-0.2, 0) is 4.79 Å². The lowest BCUT2D eigenvalue weighted by molar-refractivity contribution is -0.122. The van der Waals surface area contributed by atoms with Gasteiger partial charge in [0.25, 0.3) is 11.8 Å². The number of hydrogen-bond acceptors (Lipinski definition) is 8. The van der Waals surface area contributed by atoms with E-state index in [2.05, 4.69) is 27.6 Å². The molecule has 1 saturated carbocycles. The lowest BCUT2D eigenvalue weighted by Crippen LogP contribution is -2.43. The molecule has 1 saturated heterocycles. The molecule has 3 aliphatic rings. The molecule has 38 heavy (non-hydrogen) atoms. The molecule has 1 aromatic heterocycles. The zero-order chi connectivity index (χ0) is 26.8. The molecule has 204 valence electrons. The van der Waals surface area contributed by atoms with E-state index in [9.17, 15) is 14.0 Å². The van der Waals surface area contributed by atoms with Crippen molar-refractivity contribution in [2.75, 3.05) is 56.0 Å². The number of halogens is 1. The maximum Gasteiger partial charge on any atom is 0.263 e. The van der Waals surface area contributed by atoms with Gasteiger partial charge in [-0.3, -0.25) is 9.59 Å². The molecule has 10 nitrogen and oxygen atoms in total. The molecule has 0 bridgehead atoms. The third kappa shape index (κ3) is 5.24. The normalized spacial score (nSPS) is 21.3. The average molecular weight is 526 g/mol. The number of carbonyl (C=O) groups excluding carboxylic acids is 2. The number of aromatic nitrogens is 2. The zero-order valence-corrected chi connectivity index (χ0v) is 22.2. The zero-order valence-electron chi connectivity index (χ0n) is 22.2. The van der Waals surface area contributed by atoms with E-state index in [1.165, 1.54) is 11.1 Å². The number of fused-ring (bicyclic) bond motifs is 1. The highest BCUT2D eigenvalue weighted by Crippen LogP contribution is 2.38. The third-order valence-electron chi connectivity index (χ3n) is 7.89. The minimum Gasteiger partial charge on any atom is -0.495 e. The van der Waals surface area contributed by atoms with Crippen LogP contribution in [0.5, 0.6) is 5.75 Å². The molecule has 5 rings (SSSR count). The Morgan fingerprint density at radius 3 is 2.58 bits per heavy atom. The van der Waals surface area contributed by atoms with Gasteiger partial charge in [-0.05, 0) is 58.0 Å². The number of nitrogens with zero attached hydrogens (tertiary/aromatic N) is 5. The van der Waals surface area contributed by atoms with Crippen molar-refractivity contribution in [2.45, 2.75) is 56.8 Å². The minimum absolute atomic E-state index is 0.0455. The van der Waals surface area contributed by atoms with Crippen molar-refractivity contribution in [1.82, 2.24) is 20.2 Å². The maximum atomic E-state index is 14.9. The van der Waals surface area contributed by atoms with Crippen LogP contribution in [0, 0.1) is 0 Å². The average Bonchev–Trinajstić information content (AvgIpc) is 3.44. The second kappa shape index (κ2) is 11.1. The first-order chi connectivity index (χ1) is 18.4. The predicted molar refractivity (Wildman–Crippen MR) is 144 cm³/mol. The van der Waals surface area contributed by atoms with E-state index < -0.39 is 12.1 Å². The smallest absolute Gasteiger partial charge is 0.263 e. The summed E-state index contributed by atoms with van der Waals surface area (Å²) < 4.78 is 20.5. The monoisotopic (exact) mass is 525 g/mol. The van der Waals surface area contributed by atoms with Crippen LogP contribution < -0.4 is 25.2 Å². The number of carbonyl (C=O) groups is 2. The molecule has 3 heterocycles. The van der Waals surface area contributed by atoms with Gasteiger partial charge in [0.05, 0.1) is 31.1 Å². The number of likely N-dealkylation sites (tertiary alicyclic amines) is 1. The van der Waals surface area contributed by atoms with Crippen LogP contribution in [0.3, 0.4) is 0 Å². The number of hydrogen-bond donors (Lipinski definition) is 2. The molecule has 2 aliphatic heterocycles. The first-order valence-electron chi connectivity index (χ1n) is 13.3. The van der Waals surface area contributed by atoms with Crippen molar-refractivity contribution in [3.05, 3.63) is 30.0 Å². The number of rotatable bonds is 6. The van der Waals surface area contributed by atoms with Gasteiger partial charge in [-0.1, -0.05) is 18.9 Å². The Morgan fingerprint density at radius 1 is 1.13 bits per heavy atom. The van der Waals surface area contributed by atoms with E-state index in [0.29, 0.717) is 28.5 Å². The van der Waals surface area contributed by atoms with Gasteiger partial charge in [0.1, 0.15) is 11.4 Å². The summed E-state index contributed by atoms with van der Waals surface area (Å²) in [7, 11) is 5.17. The summed E-state index contributed by atoms with van der Waals surface area (Å²) in [5, 5.41) is 6.35. The number of alkyl halides is 1. The minimum atomic E-state index is -1.64. The second-order valence-corrected chi connectivity index (χ2v) is 10.4. The molecule has 2 aromatic rings. The van der Waals surface area contributed by atoms with Gasteiger partial charge in [-0.25, -0.2) is 9.37 Å². The Balaban J connectivity index is 1.46. The summed E-state index contributed by atoms with van der Waals surface area (Å²) in [4.78, 5) is 40.6. The topological polar surface area (TPSA) is 103 Å². The fraction of sp³-hybridized carbons (Fsp3) is 0.556. The molecule has 2 fully saturated rings. The van der Waals surface area contributed by atoms with E-state index in [-0.39, 0.29) is 30.5 Å². The Hall–Kier alpha value is -3.47. The van der Waals surface area contributed by atoms with Crippen molar-refractivity contribution in [1.29, 1.82) is 0 Å². The van der Waals surface area contributed by atoms with Crippen LogP contribution in [0.4, 0.5) is 27.5 Å². The number of amides is 2. The van der Waals surface area contributed by atoms with Crippen molar-refractivity contribution in [2.24, 2.45) is 0 Å². The molecule has 1 aliphatic carbocycles. The van der Waals surface area contributed by atoms with E-state index in [1.54, 1.807) is 32.4 Å². The van der Waals surface area contributed by atoms with Crippen molar-refractivity contribution >= 4 is 35.0 Å². The van der Waals surface area contributed by atoms with Gasteiger partial charge in [0, 0.05) is 19.1 Å². The van der Waals surface area contributed by atoms with Gasteiger partial charge in [-0.15, -0.1) is 0 Å². The fourth-order valence-corrected chi connectivity index (χ4v) is 5.63. The van der Waals surface area contributed by atoms with Gasteiger partial charge < -0.3 is 30.1 Å². The summed E-state index contributed by atoms with van der Waals surface area (Å²) in [6.07, 6.45) is 5.64. The summed E-state index contributed by atoms with van der Waals surface area (Å²) in [6, 6.07) is 5.49. The van der Waals surface area contributed by atoms with E-state index in [1.807, 2.05) is 4.90 Å². The molecule has 0 radical (unpaired) electrons. The van der Waals surface area contributed by atoms with Gasteiger partial charge in [-0.2, -0.15) is 4.98 Å². The maximum absolute atomic E-state index is 14.9. The molecule has 1 aromatic carbocycles. The second-order valence-electron chi connectivity index (χ2n) is 10.4. The van der Waals surface area contributed by atoms with E-state index in [0.717, 1.165) is 51.6 Å². The molecule has 1 atom stereocenters. The van der Waals surface area contributed by atoms with Gasteiger partial charge in [0.2, 0.25) is 5.95 Å². The van der Waals surface area contributed by atoms with Gasteiger partial charge in [0.15, 0.2) is 12.0 Å². The van der Waals surface area contributed by atoms with Gasteiger partial charge >= 0.3 is 0 Å². The highest BCUT2D eigenvalue weighted by Gasteiger charge is 2.37. The molecule has 0 spiro atoms. The van der Waals surface area contributed by atoms with Crippen LogP contribution >= 0.6 is 0 Å². The van der Waals surface area contributed by atoms with Crippen LogP contribution in [0.2, 0.25) is 0 Å². The lowest BCUT2D eigenvalue weighted by Gasteiger charge is -2.30. The molecular weight excluding hydrogens is 489 g/mol. The highest BCUT2D eigenvalue weighted by atomic mass is 19.1. The number of piperidine rings is 1. The fourth-order valence-electron chi connectivity index (χ4n) is 5.63. The quantitative estimate of drug-likeness (QED) is 0.593. The number of nitrogens with one attached hydrogen (secondary N) is 2. The molecule has 1 unspecified atom stereocenters. The third-order valence-corrected chi connectivity index (χ3v) is 7.89. The Bertz CT molecular complexity index is 1180. The van der Waals surface area contributed by atoms with Crippen molar-refractivity contribution in [3.8, 4) is 5.75 Å². The Morgan fingerprint density at radius 2 is 1.87 bits per heavy atom.